The Hall–Kier alpha value is -1.57. The Morgan fingerprint density at radius 1 is 1.29 bits per heavy atom. The van der Waals surface area contributed by atoms with Crippen LogP contribution in [-0.2, 0) is 21.6 Å². The Balaban J connectivity index is 2.08. The van der Waals surface area contributed by atoms with Gasteiger partial charge >= 0.3 is 5.97 Å². The van der Waals surface area contributed by atoms with E-state index < -0.39 is 0 Å². The summed E-state index contributed by atoms with van der Waals surface area (Å²) in [5, 5.41) is 0. The first-order valence-corrected chi connectivity index (χ1v) is 6.20. The highest BCUT2D eigenvalue weighted by Gasteiger charge is 2.41. The largest absolute Gasteiger partial charge is 0.450 e. The molecule has 2 nitrogen and oxygen atoms in total. The van der Waals surface area contributed by atoms with Crippen molar-refractivity contribution in [3.8, 4) is 0 Å². The molecule has 0 aromatic heterocycles. The molecule has 88 valence electrons. The van der Waals surface area contributed by atoms with Gasteiger partial charge in [-0.3, -0.25) is 0 Å². The fourth-order valence-corrected chi connectivity index (χ4v) is 2.90. The van der Waals surface area contributed by atoms with Crippen molar-refractivity contribution in [3.63, 3.8) is 0 Å². The molecule has 3 rings (SSSR count). The summed E-state index contributed by atoms with van der Waals surface area (Å²) < 4.78 is 5.75. The molecule has 0 saturated carbocycles. The molecular formula is C15H16O2. The summed E-state index contributed by atoms with van der Waals surface area (Å²) in [7, 11) is 0. The van der Waals surface area contributed by atoms with Crippen LogP contribution < -0.4 is 0 Å². The highest BCUT2D eigenvalue weighted by Crippen LogP contribution is 2.43. The van der Waals surface area contributed by atoms with Crippen molar-refractivity contribution in [1.29, 1.82) is 0 Å². The molecule has 17 heavy (non-hydrogen) atoms. The summed E-state index contributed by atoms with van der Waals surface area (Å²) in [5.41, 5.74) is 2.90. The van der Waals surface area contributed by atoms with E-state index >= 15 is 0 Å². The third kappa shape index (κ3) is 1.59. The maximum atomic E-state index is 11.8. The monoisotopic (exact) mass is 228 g/mol. The molecule has 0 bridgehead atoms. The summed E-state index contributed by atoms with van der Waals surface area (Å²) in [5.74, 6) is -0.159. The van der Waals surface area contributed by atoms with Crippen LogP contribution in [0.2, 0.25) is 0 Å². The summed E-state index contributed by atoms with van der Waals surface area (Å²) >= 11 is 0. The van der Waals surface area contributed by atoms with E-state index in [0.29, 0.717) is 0 Å². The molecule has 1 unspecified atom stereocenters. The van der Waals surface area contributed by atoms with Crippen LogP contribution in [0, 0.1) is 0 Å². The average molecular weight is 228 g/mol. The molecule has 0 N–H and O–H groups in total. The lowest BCUT2D eigenvalue weighted by atomic mass is 9.76. The Morgan fingerprint density at radius 3 is 2.94 bits per heavy atom. The van der Waals surface area contributed by atoms with Crippen LogP contribution in [0.1, 0.15) is 37.3 Å². The summed E-state index contributed by atoms with van der Waals surface area (Å²) in [4.78, 5) is 11.8. The molecule has 0 fully saturated rings. The highest BCUT2D eigenvalue weighted by atomic mass is 16.6. The zero-order chi connectivity index (χ0) is 11.9. The third-order valence-corrected chi connectivity index (χ3v) is 3.88. The number of aryl methyl sites for hydroxylation is 1. The number of hydrogen-bond acceptors (Lipinski definition) is 2. The van der Waals surface area contributed by atoms with E-state index in [9.17, 15) is 4.79 Å². The Bertz CT molecular complexity index is 501. The molecule has 1 aliphatic carbocycles. The number of fused-ring (bicyclic) bond motifs is 2. The first kappa shape index (κ1) is 10.6. The van der Waals surface area contributed by atoms with Crippen LogP contribution in [0.15, 0.2) is 35.9 Å². The maximum absolute atomic E-state index is 11.8. The lowest BCUT2D eigenvalue weighted by molar-refractivity contribution is -0.159. The molecule has 1 aromatic carbocycles. The van der Waals surface area contributed by atoms with Crippen LogP contribution in [0.25, 0.3) is 0 Å². The van der Waals surface area contributed by atoms with E-state index in [2.05, 4.69) is 18.2 Å². The van der Waals surface area contributed by atoms with E-state index in [0.717, 1.165) is 31.3 Å². The number of rotatable bonds is 0. The second-order valence-corrected chi connectivity index (χ2v) is 4.99. The number of esters is 1. The second-order valence-electron chi connectivity index (χ2n) is 4.99. The Morgan fingerprint density at radius 2 is 2.12 bits per heavy atom. The van der Waals surface area contributed by atoms with Crippen LogP contribution >= 0.6 is 0 Å². The van der Waals surface area contributed by atoms with E-state index in [1.165, 1.54) is 11.1 Å². The predicted molar refractivity (Wildman–Crippen MR) is 65.5 cm³/mol. The maximum Gasteiger partial charge on any atom is 0.334 e. The average Bonchev–Trinajstić information content (AvgIpc) is 2.35. The number of hydrogen-bond donors (Lipinski definition) is 0. The SMILES string of the molecule is CC1=CCC2(CCCc3ccccc32)OC1=O. The molecule has 1 heterocycles. The van der Waals surface area contributed by atoms with Crippen molar-refractivity contribution in [2.24, 2.45) is 0 Å². The number of carbonyl (C=O) groups is 1. The molecule has 2 heteroatoms. The Kier molecular flexibility index (Phi) is 2.32. The van der Waals surface area contributed by atoms with Crippen molar-refractivity contribution in [2.75, 3.05) is 0 Å². The van der Waals surface area contributed by atoms with Gasteiger partial charge in [0.15, 0.2) is 0 Å². The molecule has 0 amide bonds. The van der Waals surface area contributed by atoms with Gasteiger partial charge in [-0.15, -0.1) is 0 Å². The molecule has 1 aliphatic heterocycles. The molecular weight excluding hydrogens is 212 g/mol. The predicted octanol–water partition coefficient (Wildman–Crippen LogP) is 3.11. The molecule has 1 spiro atoms. The van der Waals surface area contributed by atoms with E-state index in [1.54, 1.807) is 0 Å². The zero-order valence-corrected chi connectivity index (χ0v) is 10.0. The molecule has 2 aliphatic rings. The third-order valence-electron chi connectivity index (χ3n) is 3.88. The summed E-state index contributed by atoms with van der Waals surface area (Å²) in [6, 6.07) is 8.35. The smallest absolute Gasteiger partial charge is 0.334 e. The normalized spacial score (nSPS) is 27.4. The van der Waals surface area contributed by atoms with Crippen molar-refractivity contribution in [3.05, 3.63) is 47.0 Å². The van der Waals surface area contributed by atoms with Gasteiger partial charge in [-0.25, -0.2) is 4.79 Å². The minimum Gasteiger partial charge on any atom is -0.450 e. The first-order valence-electron chi connectivity index (χ1n) is 6.20. The van der Waals surface area contributed by atoms with Crippen LogP contribution in [0.4, 0.5) is 0 Å². The van der Waals surface area contributed by atoms with Gasteiger partial charge in [0.25, 0.3) is 0 Å². The fourth-order valence-electron chi connectivity index (χ4n) is 2.90. The minimum atomic E-state index is -0.383. The van der Waals surface area contributed by atoms with Crippen LogP contribution in [0.3, 0.4) is 0 Å². The quantitative estimate of drug-likeness (QED) is 0.638. The fraction of sp³-hybridized carbons (Fsp3) is 0.400. The Labute approximate surface area is 101 Å². The van der Waals surface area contributed by atoms with Gasteiger partial charge in [-0.2, -0.15) is 0 Å². The van der Waals surface area contributed by atoms with Gasteiger partial charge in [0.05, 0.1) is 0 Å². The van der Waals surface area contributed by atoms with Crippen molar-refractivity contribution in [2.45, 2.75) is 38.2 Å². The lowest BCUT2D eigenvalue weighted by Gasteiger charge is -2.40. The van der Waals surface area contributed by atoms with Gasteiger partial charge in [0.2, 0.25) is 0 Å². The van der Waals surface area contributed by atoms with Crippen molar-refractivity contribution in [1.82, 2.24) is 0 Å². The minimum absolute atomic E-state index is 0.159. The number of benzene rings is 1. The summed E-state index contributed by atoms with van der Waals surface area (Å²) in [6.45, 7) is 1.82. The van der Waals surface area contributed by atoms with Crippen LogP contribution in [-0.4, -0.2) is 5.97 Å². The number of carbonyl (C=O) groups excluding carboxylic acids is 1. The first-order chi connectivity index (χ1) is 8.21. The number of ether oxygens (including phenoxy) is 1. The zero-order valence-electron chi connectivity index (χ0n) is 10.0. The van der Waals surface area contributed by atoms with Gasteiger partial charge in [0, 0.05) is 12.0 Å². The van der Waals surface area contributed by atoms with Crippen LogP contribution in [0.5, 0.6) is 0 Å². The van der Waals surface area contributed by atoms with E-state index in [-0.39, 0.29) is 11.6 Å². The lowest BCUT2D eigenvalue weighted by Crippen LogP contribution is -2.38. The second kappa shape index (κ2) is 3.73. The van der Waals surface area contributed by atoms with Gasteiger partial charge in [-0.1, -0.05) is 30.3 Å². The standard InChI is InChI=1S/C15H16O2/c1-11-8-10-15(17-14(11)16)9-4-6-12-5-2-3-7-13(12)15/h2-3,5,7-8H,4,6,9-10H2,1H3. The van der Waals surface area contributed by atoms with Gasteiger partial charge in [-0.05, 0) is 37.3 Å². The van der Waals surface area contributed by atoms with Gasteiger partial charge in [0.1, 0.15) is 5.60 Å². The summed E-state index contributed by atoms with van der Waals surface area (Å²) in [6.07, 6.45) is 5.98. The van der Waals surface area contributed by atoms with E-state index in [4.69, 9.17) is 4.74 Å². The van der Waals surface area contributed by atoms with Crippen molar-refractivity contribution >= 4 is 5.97 Å². The topological polar surface area (TPSA) is 26.3 Å². The molecule has 1 atom stereocenters. The molecule has 0 saturated heterocycles. The van der Waals surface area contributed by atoms with Gasteiger partial charge < -0.3 is 4.74 Å². The highest BCUT2D eigenvalue weighted by molar-refractivity contribution is 5.89. The molecule has 1 aromatic rings. The van der Waals surface area contributed by atoms with E-state index in [1.807, 2.05) is 19.1 Å². The molecule has 0 radical (unpaired) electrons. The van der Waals surface area contributed by atoms with Crippen molar-refractivity contribution < 1.29 is 9.53 Å².